The number of halogens is 1. The largest absolute Gasteiger partial charge is 0.478 e. The number of hydrogen-bond acceptors (Lipinski definition) is 3. The van der Waals surface area contributed by atoms with Crippen LogP contribution in [0.25, 0.3) is 6.08 Å². The number of carbonyl (C=O) groups excluding carboxylic acids is 1. The number of carboxylic acids is 1. The third-order valence-electron chi connectivity index (χ3n) is 2.69. The SMILES string of the molecule is Cc1ccc(F)cc1NC(=O)c1ccc(C=CC(=O)O)s1. The minimum absolute atomic E-state index is 0.358. The lowest BCUT2D eigenvalue weighted by atomic mass is 10.2. The number of benzene rings is 1. The first-order chi connectivity index (χ1) is 9.95. The van der Waals surface area contributed by atoms with Crippen molar-refractivity contribution in [1.29, 1.82) is 0 Å². The lowest BCUT2D eigenvalue weighted by molar-refractivity contribution is -0.131. The molecule has 2 aromatic rings. The number of aryl methyl sites for hydroxylation is 1. The van der Waals surface area contributed by atoms with Crippen LogP contribution in [0, 0.1) is 12.7 Å². The summed E-state index contributed by atoms with van der Waals surface area (Å²) in [5.41, 5.74) is 1.17. The van der Waals surface area contributed by atoms with E-state index in [4.69, 9.17) is 5.11 Å². The number of carbonyl (C=O) groups is 2. The first kappa shape index (κ1) is 14.9. The Hall–Kier alpha value is -2.47. The first-order valence-corrected chi connectivity index (χ1v) is 6.85. The molecule has 0 atom stereocenters. The average molecular weight is 305 g/mol. The van der Waals surface area contributed by atoms with Crippen molar-refractivity contribution in [1.82, 2.24) is 0 Å². The second-order valence-electron chi connectivity index (χ2n) is 4.29. The number of nitrogens with one attached hydrogen (secondary N) is 1. The molecule has 1 heterocycles. The van der Waals surface area contributed by atoms with Crippen molar-refractivity contribution in [2.75, 3.05) is 5.32 Å². The molecular formula is C15H12FNO3S. The van der Waals surface area contributed by atoms with Crippen LogP contribution in [-0.4, -0.2) is 17.0 Å². The molecule has 1 aromatic heterocycles. The molecular weight excluding hydrogens is 293 g/mol. The van der Waals surface area contributed by atoms with E-state index in [2.05, 4.69) is 5.32 Å². The Morgan fingerprint density at radius 3 is 2.76 bits per heavy atom. The van der Waals surface area contributed by atoms with Gasteiger partial charge >= 0.3 is 5.97 Å². The molecule has 0 spiro atoms. The Kier molecular flexibility index (Phi) is 4.49. The highest BCUT2D eigenvalue weighted by atomic mass is 32.1. The van der Waals surface area contributed by atoms with Gasteiger partial charge in [-0.1, -0.05) is 6.07 Å². The van der Waals surface area contributed by atoms with E-state index in [0.717, 1.165) is 23.0 Å². The molecule has 0 bridgehead atoms. The maximum atomic E-state index is 13.2. The van der Waals surface area contributed by atoms with Crippen LogP contribution in [0.1, 0.15) is 20.1 Å². The van der Waals surface area contributed by atoms with Crippen molar-refractivity contribution >= 4 is 35.0 Å². The second kappa shape index (κ2) is 6.32. The van der Waals surface area contributed by atoms with Gasteiger partial charge in [0.2, 0.25) is 0 Å². The average Bonchev–Trinajstić information content (AvgIpc) is 2.89. The first-order valence-electron chi connectivity index (χ1n) is 6.04. The molecule has 0 aliphatic rings. The molecule has 108 valence electrons. The van der Waals surface area contributed by atoms with Gasteiger partial charge in [0.25, 0.3) is 5.91 Å². The minimum atomic E-state index is -1.05. The summed E-state index contributed by atoms with van der Waals surface area (Å²) in [6, 6.07) is 7.41. The Balaban J connectivity index is 2.14. The number of hydrogen-bond donors (Lipinski definition) is 2. The van der Waals surface area contributed by atoms with Crippen LogP contribution >= 0.6 is 11.3 Å². The predicted octanol–water partition coefficient (Wildman–Crippen LogP) is 3.55. The molecule has 0 aliphatic carbocycles. The molecule has 0 radical (unpaired) electrons. The van der Waals surface area contributed by atoms with Crippen LogP contribution in [-0.2, 0) is 4.79 Å². The second-order valence-corrected chi connectivity index (χ2v) is 5.40. The van der Waals surface area contributed by atoms with E-state index in [1.54, 1.807) is 25.1 Å². The van der Waals surface area contributed by atoms with E-state index < -0.39 is 11.8 Å². The summed E-state index contributed by atoms with van der Waals surface area (Å²) in [6.45, 7) is 1.77. The van der Waals surface area contributed by atoms with Gasteiger partial charge < -0.3 is 10.4 Å². The zero-order chi connectivity index (χ0) is 15.4. The Morgan fingerprint density at radius 1 is 1.29 bits per heavy atom. The van der Waals surface area contributed by atoms with Crippen molar-refractivity contribution in [3.8, 4) is 0 Å². The van der Waals surface area contributed by atoms with Gasteiger partial charge in [-0.25, -0.2) is 9.18 Å². The fraction of sp³-hybridized carbons (Fsp3) is 0.0667. The maximum Gasteiger partial charge on any atom is 0.328 e. The lowest BCUT2D eigenvalue weighted by Gasteiger charge is -2.07. The van der Waals surface area contributed by atoms with Gasteiger partial charge in [0.05, 0.1) is 4.88 Å². The third-order valence-corrected chi connectivity index (χ3v) is 3.74. The van der Waals surface area contributed by atoms with E-state index in [1.807, 2.05) is 0 Å². The summed E-state index contributed by atoms with van der Waals surface area (Å²) in [5, 5.41) is 11.2. The Labute approximate surface area is 124 Å². The Bertz CT molecular complexity index is 721. The van der Waals surface area contributed by atoms with Gasteiger partial charge in [-0.05, 0) is 42.8 Å². The van der Waals surface area contributed by atoms with E-state index in [-0.39, 0.29) is 5.91 Å². The van der Waals surface area contributed by atoms with Crippen molar-refractivity contribution in [3.05, 3.63) is 57.5 Å². The molecule has 1 aromatic carbocycles. The number of aliphatic carboxylic acids is 1. The molecule has 0 saturated carbocycles. The molecule has 0 fully saturated rings. The van der Waals surface area contributed by atoms with Crippen LogP contribution in [0.5, 0.6) is 0 Å². The fourth-order valence-electron chi connectivity index (χ4n) is 1.63. The molecule has 0 saturated heterocycles. The van der Waals surface area contributed by atoms with E-state index in [0.29, 0.717) is 15.4 Å². The van der Waals surface area contributed by atoms with Crippen LogP contribution in [0.4, 0.5) is 10.1 Å². The molecule has 0 unspecified atom stereocenters. The summed E-state index contributed by atoms with van der Waals surface area (Å²) in [4.78, 5) is 23.6. The van der Waals surface area contributed by atoms with Crippen molar-refractivity contribution in [2.45, 2.75) is 6.92 Å². The highest BCUT2D eigenvalue weighted by molar-refractivity contribution is 7.15. The summed E-state index contributed by atoms with van der Waals surface area (Å²) >= 11 is 1.16. The smallest absolute Gasteiger partial charge is 0.328 e. The topological polar surface area (TPSA) is 66.4 Å². The summed E-state index contributed by atoms with van der Waals surface area (Å²) in [6.07, 6.45) is 2.42. The van der Waals surface area contributed by atoms with Gasteiger partial charge in [0, 0.05) is 16.6 Å². The fourth-order valence-corrected chi connectivity index (χ4v) is 2.44. The summed E-state index contributed by atoms with van der Waals surface area (Å²) in [7, 11) is 0. The van der Waals surface area contributed by atoms with Crippen molar-refractivity contribution in [2.24, 2.45) is 0 Å². The van der Waals surface area contributed by atoms with E-state index in [1.165, 1.54) is 18.2 Å². The molecule has 1 amide bonds. The molecule has 6 heteroatoms. The third kappa shape index (κ3) is 4.00. The normalized spacial score (nSPS) is 10.8. The van der Waals surface area contributed by atoms with E-state index >= 15 is 0 Å². The molecule has 2 N–H and O–H groups in total. The standard InChI is InChI=1S/C15H12FNO3S/c1-9-2-3-10(16)8-12(9)17-15(20)13-6-4-11(21-13)5-7-14(18)19/h2-8H,1H3,(H,17,20)(H,18,19). The van der Waals surface area contributed by atoms with Gasteiger partial charge in [0.1, 0.15) is 5.82 Å². The maximum absolute atomic E-state index is 13.2. The molecule has 2 rings (SSSR count). The monoisotopic (exact) mass is 305 g/mol. The van der Waals surface area contributed by atoms with Crippen LogP contribution in [0.3, 0.4) is 0 Å². The molecule has 0 aliphatic heterocycles. The van der Waals surface area contributed by atoms with Gasteiger partial charge in [-0.15, -0.1) is 11.3 Å². The molecule has 21 heavy (non-hydrogen) atoms. The predicted molar refractivity (Wildman–Crippen MR) is 80.1 cm³/mol. The lowest BCUT2D eigenvalue weighted by Crippen LogP contribution is -2.11. The van der Waals surface area contributed by atoms with Crippen LogP contribution in [0.2, 0.25) is 0 Å². The minimum Gasteiger partial charge on any atom is -0.478 e. The van der Waals surface area contributed by atoms with Gasteiger partial charge in [0.15, 0.2) is 0 Å². The summed E-state index contributed by atoms with van der Waals surface area (Å²) < 4.78 is 13.2. The summed E-state index contributed by atoms with van der Waals surface area (Å²) in [5.74, 6) is -1.83. The van der Waals surface area contributed by atoms with Crippen LogP contribution in [0.15, 0.2) is 36.4 Å². The zero-order valence-electron chi connectivity index (χ0n) is 11.1. The highest BCUT2D eigenvalue weighted by Gasteiger charge is 2.10. The van der Waals surface area contributed by atoms with Gasteiger partial charge in [-0.3, -0.25) is 4.79 Å². The van der Waals surface area contributed by atoms with Crippen molar-refractivity contribution in [3.63, 3.8) is 0 Å². The zero-order valence-corrected chi connectivity index (χ0v) is 11.9. The quantitative estimate of drug-likeness (QED) is 0.849. The number of carboxylic acid groups (broad SMARTS) is 1. The Morgan fingerprint density at radius 2 is 2.05 bits per heavy atom. The van der Waals surface area contributed by atoms with E-state index in [9.17, 15) is 14.0 Å². The van der Waals surface area contributed by atoms with Crippen molar-refractivity contribution < 1.29 is 19.1 Å². The number of amides is 1. The highest BCUT2D eigenvalue weighted by Crippen LogP contribution is 2.21. The number of anilines is 1. The van der Waals surface area contributed by atoms with Crippen LogP contribution < -0.4 is 5.32 Å². The molecule has 4 nitrogen and oxygen atoms in total. The number of thiophene rings is 1. The van der Waals surface area contributed by atoms with Gasteiger partial charge in [-0.2, -0.15) is 0 Å². The number of rotatable bonds is 4.